The molecule has 3 rings (SSSR count). The Morgan fingerprint density at radius 3 is 3.22 bits per heavy atom. The Bertz CT molecular complexity index is 567. The largest absolute Gasteiger partial charge is 0.321 e. The van der Waals surface area contributed by atoms with Crippen molar-refractivity contribution in [1.82, 2.24) is 14.9 Å². The first-order chi connectivity index (χ1) is 8.84. The summed E-state index contributed by atoms with van der Waals surface area (Å²) < 4.78 is 3.69. The molecule has 2 heterocycles. The zero-order valence-electron chi connectivity index (χ0n) is 9.64. The van der Waals surface area contributed by atoms with E-state index in [9.17, 15) is 4.79 Å². The smallest absolute Gasteiger partial charge is 0.269 e. The highest BCUT2D eigenvalue weighted by Gasteiger charge is 2.15. The van der Waals surface area contributed by atoms with Crippen molar-refractivity contribution in [2.45, 2.75) is 13.0 Å². The summed E-state index contributed by atoms with van der Waals surface area (Å²) in [5.41, 5.74) is 3.35. The third-order valence-corrected chi connectivity index (χ3v) is 3.64. The lowest BCUT2D eigenvalue weighted by atomic mass is 9.99. The molecule has 92 valence electrons. The molecule has 0 aliphatic carbocycles. The van der Waals surface area contributed by atoms with E-state index in [1.165, 1.54) is 17.3 Å². The zero-order chi connectivity index (χ0) is 12.4. The maximum Gasteiger partial charge on any atom is 0.269 e. The summed E-state index contributed by atoms with van der Waals surface area (Å²) in [6.45, 7) is 1.79. The molecular formula is C12H12N4OS. The van der Waals surface area contributed by atoms with Crippen molar-refractivity contribution in [2.75, 3.05) is 11.9 Å². The van der Waals surface area contributed by atoms with Gasteiger partial charge in [0, 0.05) is 12.2 Å². The van der Waals surface area contributed by atoms with E-state index in [1.54, 1.807) is 0 Å². The number of hydrogen-bond acceptors (Lipinski definition) is 5. The topological polar surface area (TPSA) is 66.9 Å². The normalized spacial score (nSPS) is 14.0. The highest BCUT2D eigenvalue weighted by Crippen LogP contribution is 2.23. The Morgan fingerprint density at radius 1 is 1.44 bits per heavy atom. The van der Waals surface area contributed by atoms with Crippen molar-refractivity contribution in [3.63, 3.8) is 0 Å². The number of amides is 1. The van der Waals surface area contributed by atoms with Crippen LogP contribution in [0.2, 0.25) is 0 Å². The fraction of sp³-hybridized carbons (Fsp3) is 0.250. The molecule has 1 aromatic carbocycles. The molecule has 0 saturated carbocycles. The lowest BCUT2D eigenvalue weighted by Gasteiger charge is -2.20. The molecule has 1 amide bonds. The van der Waals surface area contributed by atoms with Gasteiger partial charge in [-0.05, 0) is 41.7 Å². The van der Waals surface area contributed by atoms with Crippen molar-refractivity contribution in [3.05, 3.63) is 40.4 Å². The van der Waals surface area contributed by atoms with E-state index in [1.807, 2.05) is 12.1 Å². The summed E-state index contributed by atoms with van der Waals surface area (Å²) in [6, 6.07) is 6.02. The molecular weight excluding hydrogens is 248 g/mol. The van der Waals surface area contributed by atoms with Gasteiger partial charge in [-0.25, -0.2) is 0 Å². The van der Waals surface area contributed by atoms with Crippen LogP contribution >= 0.6 is 11.5 Å². The monoisotopic (exact) mass is 260 g/mol. The average molecular weight is 260 g/mol. The van der Waals surface area contributed by atoms with Gasteiger partial charge in [-0.2, -0.15) is 0 Å². The van der Waals surface area contributed by atoms with Crippen LogP contribution in [-0.2, 0) is 13.0 Å². The molecule has 0 bridgehead atoms. The number of carbonyl (C=O) groups excluding carboxylic acids is 1. The van der Waals surface area contributed by atoms with Crippen LogP contribution in [0.5, 0.6) is 0 Å². The van der Waals surface area contributed by atoms with E-state index in [4.69, 9.17) is 0 Å². The Morgan fingerprint density at radius 2 is 2.39 bits per heavy atom. The van der Waals surface area contributed by atoms with Crippen LogP contribution in [0.3, 0.4) is 0 Å². The van der Waals surface area contributed by atoms with Crippen LogP contribution in [0.4, 0.5) is 5.69 Å². The van der Waals surface area contributed by atoms with Crippen LogP contribution < -0.4 is 10.6 Å². The van der Waals surface area contributed by atoms with Gasteiger partial charge in [-0.15, -0.1) is 5.10 Å². The fourth-order valence-corrected chi connectivity index (χ4v) is 2.49. The van der Waals surface area contributed by atoms with Gasteiger partial charge >= 0.3 is 0 Å². The van der Waals surface area contributed by atoms with Gasteiger partial charge in [0.25, 0.3) is 5.91 Å². The second-order valence-corrected chi connectivity index (χ2v) is 4.89. The first-order valence-electron chi connectivity index (χ1n) is 5.75. The van der Waals surface area contributed by atoms with Gasteiger partial charge in [0.1, 0.15) is 4.88 Å². The maximum atomic E-state index is 12.0. The maximum absolute atomic E-state index is 12.0. The van der Waals surface area contributed by atoms with Gasteiger partial charge in [0.2, 0.25) is 0 Å². The molecule has 1 aliphatic heterocycles. The molecule has 0 unspecified atom stereocenters. The van der Waals surface area contributed by atoms with E-state index < -0.39 is 0 Å². The summed E-state index contributed by atoms with van der Waals surface area (Å²) in [6.07, 6.45) is 2.48. The quantitative estimate of drug-likeness (QED) is 0.857. The molecule has 5 nitrogen and oxygen atoms in total. The van der Waals surface area contributed by atoms with Crippen molar-refractivity contribution in [3.8, 4) is 0 Å². The van der Waals surface area contributed by atoms with Gasteiger partial charge in [-0.1, -0.05) is 16.6 Å². The van der Waals surface area contributed by atoms with Gasteiger partial charge in [0.15, 0.2) is 0 Å². The summed E-state index contributed by atoms with van der Waals surface area (Å²) in [4.78, 5) is 12.5. The van der Waals surface area contributed by atoms with Crippen molar-refractivity contribution in [1.29, 1.82) is 0 Å². The predicted molar refractivity (Wildman–Crippen MR) is 69.7 cm³/mol. The van der Waals surface area contributed by atoms with Crippen LogP contribution in [0, 0.1) is 0 Å². The minimum Gasteiger partial charge on any atom is -0.321 e. The number of hydrogen-bond donors (Lipinski definition) is 2. The molecule has 2 aromatic rings. The van der Waals surface area contributed by atoms with E-state index >= 15 is 0 Å². The molecule has 0 fully saturated rings. The molecule has 0 radical (unpaired) electrons. The minimum atomic E-state index is -0.149. The lowest BCUT2D eigenvalue weighted by Crippen LogP contribution is -2.25. The Labute approximate surface area is 108 Å². The van der Waals surface area contributed by atoms with E-state index in [2.05, 4.69) is 26.3 Å². The minimum absolute atomic E-state index is 0.149. The number of carbonyl (C=O) groups is 1. The third kappa shape index (κ3) is 2.12. The number of aromatic nitrogens is 2. The summed E-state index contributed by atoms with van der Waals surface area (Å²) in [7, 11) is 0. The Kier molecular flexibility index (Phi) is 3.04. The van der Waals surface area contributed by atoms with Crippen molar-refractivity contribution < 1.29 is 4.79 Å². The third-order valence-electron chi connectivity index (χ3n) is 2.98. The number of rotatable bonds is 2. The second-order valence-electron chi connectivity index (χ2n) is 4.11. The predicted octanol–water partition coefficient (Wildman–Crippen LogP) is 1.44. The second kappa shape index (κ2) is 4.83. The molecule has 0 atom stereocenters. The number of benzene rings is 1. The summed E-state index contributed by atoms with van der Waals surface area (Å²) >= 11 is 1.10. The summed E-state index contributed by atoms with van der Waals surface area (Å²) in [5, 5.41) is 9.91. The van der Waals surface area contributed by atoms with Gasteiger partial charge in [-0.3, -0.25) is 4.79 Å². The first-order valence-corrected chi connectivity index (χ1v) is 6.52. The fourth-order valence-electron chi connectivity index (χ4n) is 2.08. The van der Waals surface area contributed by atoms with Gasteiger partial charge in [0.05, 0.1) is 6.20 Å². The Balaban J connectivity index is 1.87. The molecule has 0 saturated heterocycles. The van der Waals surface area contributed by atoms with Gasteiger partial charge < -0.3 is 10.6 Å². The lowest BCUT2D eigenvalue weighted by molar-refractivity contribution is 0.103. The van der Waals surface area contributed by atoms with E-state index in [0.717, 1.165) is 36.7 Å². The number of nitrogens with zero attached hydrogens (tertiary/aromatic N) is 2. The molecule has 6 heteroatoms. The standard InChI is InChI=1S/C12H12N4OS/c17-12(11-7-14-16-18-11)15-10-3-1-2-8-4-5-13-6-9(8)10/h1-3,7,13H,4-6H2,(H,15,17). The van der Waals surface area contributed by atoms with Crippen LogP contribution in [0.15, 0.2) is 24.4 Å². The van der Waals surface area contributed by atoms with E-state index in [-0.39, 0.29) is 5.91 Å². The molecule has 18 heavy (non-hydrogen) atoms. The van der Waals surface area contributed by atoms with Crippen LogP contribution in [-0.4, -0.2) is 22.0 Å². The average Bonchev–Trinajstić information content (AvgIpc) is 2.93. The number of fused-ring (bicyclic) bond motifs is 1. The van der Waals surface area contributed by atoms with Crippen molar-refractivity contribution in [2.24, 2.45) is 0 Å². The first kappa shape index (κ1) is 11.3. The summed E-state index contributed by atoms with van der Waals surface area (Å²) in [5.74, 6) is -0.149. The van der Waals surface area contributed by atoms with Crippen molar-refractivity contribution >= 4 is 23.1 Å². The van der Waals surface area contributed by atoms with Crippen LogP contribution in [0.1, 0.15) is 20.8 Å². The van der Waals surface area contributed by atoms with Crippen LogP contribution in [0.25, 0.3) is 0 Å². The molecule has 2 N–H and O–H groups in total. The number of anilines is 1. The molecule has 1 aliphatic rings. The molecule has 1 aromatic heterocycles. The Hall–Kier alpha value is -1.79. The highest BCUT2D eigenvalue weighted by molar-refractivity contribution is 7.07. The zero-order valence-corrected chi connectivity index (χ0v) is 10.5. The SMILES string of the molecule is O=C(Nc1cccc2c1CNCC2)c1cnns1. The highest BCUT2D eigenvalue weighted by atomic mass is 32.1. The number of nitrogens with one attached hydrogen (secondary N) is 2. The molecule has 0 spiro atoms. The van der Waals surface area contributed by atoms with E-state index in [0.29, 0.717) is 4.88 Å².